The van der Waals surface area contributed by atoms with Gasteiger partial charge in [0, 0.05) is 18.6 Å². The molecule has 21 heavy (non-hydrogen) atoms. The number of likely N-dealkylation sites (tertiary alicyclic amines) is 1. The van der Waals surface area contributed by atoms with Crippen LogP contribution in [0.4, 0.5) is 0 Å². The van der Waals surface area contributed by atoms with Crippen LogP contribution in [-0.2, 0) is 11.3 Å². The Balaban J connectivity index is 1.62. The highest BCUT2D eigenvalue weighted by Gasteiger charge is 2.30. The molecule has 1 saturated carbocycles. The molecular formula is C14H23N5OS. The molecule has 6 nitrogen and oxygen atoms in total. The van der Waals surface area contributed by atoms with Crippen molar-refractivity contribution in [1.29, 1.82) is 0 Å². The fraction of sp³-hybridized carbons (Fsp3) is 0.786. The van der Waals surface area contributed by atoms with E-state index in [9.17, 15) is 4.79 Å². The molecule has 0 spiro atoms. The third-order valence-electron chi connectivity index (χ3n) is 4.28. The summed E-state index contributed by atoms with van der Waals surface area (Å²) in [7, 11) is 0. The van der Waals surface area contributed by atoms with Gasteiger partial charge in [-0.05, 0) is 39.0 Å². The average molecular weight is 309 g/mol. The molecule has 0 radical (unpaired) electrons. The molecule has 7 heteroatoms. The van der Waals surface area contributed by atoms with Gasteiger partial charge in [-0.25, -0.2) is 0 Å². The first-order valence-corrected chi connectivity index (χ1v) is 8.75. The van der Waals surface area contributed by atoms with Crippen molar-refractivity contribution in [2.75, 3.05) is 12.3 Å². The fourth-order valence-corrected chi connectivity index (χ4v) is 3.83. The molecule has 3 rings (SSSR count). The van der Waals surface area contributed by atoms with Crippen LogP contribution < -0.4 is 5.73 Å². The van der Waals surface area contributed by atoms with Crippen molar-refractivity contribution in [3.63, 3.8) is 0 Å². The van der Waals surface area contributed by atoms with E-state index in [2.05, 4.69) is 21.7 Å². The number of hydrogen-bond acceptors (Lipinski definition) is 5. The minimum Gasteiger partial charge on any atom is -0.339 e. The van der Waals surface area contributed by atoms with Crippen LogP contribution in [0.25, 0.3) is 0 Å². The monoisotopic (exact) mass is 309 g/mol. The number of nitrogens with zero attached hydrogens (tertiary/aromatic N) is 4. The van der Waals surface area contributed by atoms with E-state index >= 15 is 0 Å². The number of carbonyl (C=O) groups is 1. The molecule has 1 unspecified atom stereocenters. The summed E-state index contributed by atoms with van der Waals surface area (Å²) < 4.78 is 2.12. The lowest BCUT2D eigenvalue weighted by molar-refractivity contribution is -0.131. The Morgan fingerprint density at radius 1 is 1.33 bits per heavy atom. The molecule has 1 aliphatic carbocycles. The van der Waals surface area contributed by atoms with Crippen molar-refractivity contribution >= 4 is 17.7 Å². The summed E-state index contributed by atoms with van der Waals surface area (Å²) in [6.07, 6.45) is 5.79. The second kappa shape index (κ2) is 6.36. The summed E-state index contributed by atoms with van der Waals surface area (Å²) in [6, 6.07) is 0.859. The number of thioether (sulfide) groups is 1. The third-order valence-corrected chi connectivity index (χ3v) is 5.21. The van der Waals surface area contributed by atoms with E-state index in [0.29, 0.717) is 24.4 Å². The molecule has 1 aromatic rings. The molecule has 1 aliphatic heterocycles. The molecule has 0 aromatic carbocycles. The van der Waals surface area contributed by atoms with E-state index < -0.39 is 0 Å². The van der Waals surface area contributed by atoms with Crippen LogP contribution in [-0.4, -0.2) is 43.9 Å². The second-order valence-corrected chi connectivity index (χ2v) is 6.87. The van der Waals surface area contributed by atoms with Gasteiger partial charge in [0.15, 0.2) is 5.16 Å². The molecule has 2 N–H and O–H groups in total. The lowest BCUT2D eigenvalue weighted by Crippen LogP contribution is -2.43. The smallest absolute Gasteiger partial charge is 0.233 e. The van der Waals surface area contributed by atoms with Crippen molar-refractivity contribution < 1.29 is 4.79 Å². The fourth-order valence-electron chi connectivity index (χ4n) is 2.92. The van der Waals surface area contributed by atoms with E-state index in [1.54, 1.807) is 0 Å². The van der Waals surface area contributed by atoms with Crippen molar-refractivity contribution in [2.45, 2.75) is 62.8 Å². The number of piperidine rings is 1. The minimum absolute atomic E-state index is 0.215. The first kappa shape index (κ1) is 14.8. The van der Waals surface area contributed by atoms with Crippen LogP contribution in [0.1, 0.15) is 50.9 Å². The number of hydrogen-bond donors (Lipinski definition) is 1. The van der Waals surface area contributed by atoms with E-state index in [1.165, 1.54) is 18.2 Å². The standard InChI is InChI=1S/C14H23N5OS/c1-10-4-2-3-7-18(10)13(20)9-21-14-17-16-12(8-15)19(14)11-5-6-11/h10-11H,2-9,15H2,1H3. The zero-order valence-corrected chi connectivity index (χ0v) is 13.3. The van der Waals surface area contributed by atoms with Gasteiger partial charge in [0.05, 0.1) is 12.3 Å². The molecule has 1 aromatic heterocycles. The highest BCUT2D eigenvalue weighted by Crippen LogP contribution is 2.38. The number of aromatic nitrogens is 3. The van der Waals surface area contributed by atoms with Gasteiger partial charge < -0.3 is 15.2 Å². The molecule has 1 saturated heterocycles. The topological polar surface area (TPSA) is 77.0 Å². The Morgan fingerprint density at radius 2 is 2.14 bits per heavy atom. The van der Waals surface area contributed by atoms with Crippen molar-refractivity contribution in [1.82, 2.24) is 19.7 Å². The highest BCUT2D eigenvalue weighted by molar-refractivity contribution is 7.99. The average Bonchev–Trinajstić information content (AvgIpc) is 3.25. The molecule has 116 valence electrons. The first-order valence-electron chi connectivity index (χ1n) is 7.77. The molecule has 2 heterocycles. The molecular weight excluding hydrogens is 286 g/mol. The number of amides is 1. The zero-order valence-electron chi connectivity index (χ0n) is 12.5. The maximum absolute atomic E-state index is 12.4. The van der Waals surface area contributed by atoms with Crippen LogP contribution in [0, 0.1) is 0 Å². The lowest BCUT2D eigenvalue weighted by atomic mass is 10.0. The SMILES string of the molecule is CC1CCCCN1C(=O)CSc1nnc(CN)n1C1CC1. The Morgan fingerprint density at radius 3 is 2.81 bits per heavy atom. The van der Waals surface area contributed by atoms with Crippen molar-refractivity contribution in [3.05, 3.63) is 5.82 Å². The highest BCUT2D eigenvalue weighted by atomic mass is 32.2. The van der Waals surface area contributed by atoms with Gasteiger partial charge in [-0.3, -0.25) is 4.79 Å². The largest absolute Gasteiger partial charge is 0.339 e. The van der Waals surface area contributed by atoms with E-state index in [1.807, 2.05) is 4.90 Å². The number of rotatable bonds is 5. The third kappa shape index (κ3) is 3.23. The van der Waals surface area contributed by atoms with Gasteiger partial charge in [0.2, 0.25) is 5.91 Å². The van der Waals surface area contributed by atoms with Crippen LogP contribution in [0.5, 0.6) is 0 Å². The van der Waals surface area contributed by atoms with Crippen LogP contribution in [0.2, 0.25) is 0 Å². The Bertz CT molecular complexity index is 513. The van der Waals surface area contributed by atoms with Gasteiger partial charge in [-0.2, -0.15) is 0 Å². The summed E-state index contributed by atoms with van der Waals surface area (Å²) in [4.78, 5) is 14.4. The first-order chi connectivity index (χ1) is 10.2. The Kier molecular flexibility index (Phi) is 4.49. The summed E-state index contributed by atoms with van der Waals surface area (Å²) in [6.45, 7) is 3.44. The quantitative estimate of drug-likeness (QED) is 0.835. The predicted molar refractivity (Wildman–Crippen MR) is 81.9 cm³/mol. The van der Waals surface area contributed by atoms with Crippen molar-refractivity contribution in [2.24, 2.45) is 5.73 Å². The summed E-state index contributed by atoms with van der Waals surface area (Å²) in [5.74, 6) is 1.49. The van der Waals surface area contributed by atoms with Gasteiger partial charge in [0.25, 0.3) is 0 Å². The molecule has 0 bridgehead atoms. The van der Waals surface area contributed by atoms with Gasteiger partial charge >= 0.3 is 0 Å². The molecule has 1 amide bonds. The number of nitrogens with two attached hydrogens (primary N) is 1. The predicted octanol–water partition coefficient (Wildman–Crippen LogP) is 1.56. The maximum atomic E-state index is 12.4. The normalized spacial score (nSPS) is 22.6. The van der Waals surface area contributed by atoms with E-state index in [0.717, 1.165) is 43.2 Å². The number of carbonyl (C=O) groups excluding carboxylic acids is 1. The van der Waals surface area contributed by atoms with E-state index in [-0.39, 0.29) is 5.91 Å². The Labute approximate surface area is 129 Å². The van der Waals surface area contributed by atoms with Crippen LogP contribution in [0.3, 0.4) is 0 Å². The molecule has 2 aliphatic rings. The van der Waals surface area contributed by atoms with Gasteiger partial charge in [0.1, 0.15) is 5.82 Å². The Hall–Kier alpha value is -1.08. The lowest BCUT2D eigenvalue weighted by Gasteiger charge is -2.33. The van der Waals surface area contributed by atoms with E-state index in [4.69, 9.17) is 5.73 Å². The second-order valence-electron chi connectivity index (χ2n) is 5.92. The zero-order chi connectivity index (χ0) is 14.8. The summed E-state index contributed by atoms with van der Waals surface area (Å²) in [5.41, 5.74) is 5.71. The van der Waals surface area contributed by atoms with Gasteiger partial charge in [-0.15, -0.1) is 10.2 Å². The summed E-state index contributed by atoms with van der Waals surface area (Å²) in [5, 5.41) is 9.20. The maximum Gasteiger partial charge on any atom is 0.233 e. The van der Waals surface area contributed by atoms with Crippen molar-refractivity contribution in [3.8, 4) is 0 Å². The molecule has 2 fully saturated rings. The van der Waals surface area contributed by atoms with Gasteiger partial charge in [-0.1, -0.05) is 11.8 Å². The minimum atomic E-state index is 0.215. The summed E-state index contributed by atoms with van der Waals surface area (Å²) >= 11 is 1.50. The van der Waals surface area contributed by atoms with Crippen LogP contribution >= 0.6 is 11.8 Å². The molecule has 1 atom stereocenters. The van der Waals surface area contributed by atoms with Crippen LogP contribution in [0.15, 0.2) is 5.16 Å².